The van der Waals surface area contributed by atoms with Crippen molar-refractivity contribution < 1.29 is 18.1 Å². The van der Waals surface area contributed by atoms with Crippen molar-refractivity contribution in [3.05, 3.63) is 57.6 Å². The highest BCUT2D eigenvalue weighted by atomic mass is 32.2. The maximum absolute atomic E-state index is 12.9. The second-order valence-corrected chi connectivity index (χ2v) is 9.53. The summed E-state index contributed by atoms with van der Waals surface area (Å²) in [4.78, 5) is 24.4. The summed E-state index contributed by atoms with van der Waals surface area (Å²) in [6.45, 7) is 6.41. The van der Waals surface area contributed by atoms with E-state index in [2.05, 4.69) is 18.6 Å². The minimum absolute atomic E-state index is 0.0729. The number of fused-ring (bicyclic) bond motifs is 1. The summed E-state index contributed by atoms with van der Waals surface area (Å²) < 4.78 is 28.2. The van der Waals surface area contributed by atoms with Crippen molar-refractivity contribution in [1.29, 1.82) is 0 Å². The van der Waals surface area contributed by atoms with E-state index in [9.17, 15) is 23.3 Å². The zero-order chi connectivity index (χ0) is 22.1. The van der Waals surface area contributed by atoms with Crippen molar-refractivity contribution in [2.24, 2.45) is 5.92 Å². The minimum Gasteiger partial charge on any atom is -0.312 e. The first-order chi connectivity index (χ1) is 14.1. The molecule has 1 heterocycles. The molecule has 0 unspecified atom stereocenters. The highest BCUT2D eigenvalue weighted by Gasteiger charge is 2.26. The Bertz CT molecular complexity index is 1100. The number of hydrogen-bond acceptors (Lipinski definition) is 5. The molecule has 3 rings (SSSR count). The third-order valence-corrected chi connectivity index (χ3v) is 6.66. The molecule has 0 fully saturated rings. The number of hydrogen-bond donors (Lipinski definition) is 1. The van der Waals surface area contributed by atoms with E-state index in [1.807, 2.05) is 0 Å². The molecule has 1 aliphatic heterocycles. The molecule has 1 N–H and O–H groups in total. The molecular formula is C21H25N3O5S. The molecule has 9 heteroatoms. The van der Waals surface area contributed by atoms with Crippen molar-refractivity contribution in [2.75, 3.05) is 16.2 Å². The molecule has 2 aromatic carbocycles. The van der Waals surface area contributed by atoms with Gasteiger partial charge in [-0.1, -0.05) is 19.9 Å². The van der Waals surface area contributed by atoms with Gasteiger partial charge in [0.2, 0.25) is 5.91 Å². The number of non-ortho nitro benzene ring substituents is 1. The highest BCUT2D eigenvalue weighted by molar-refractivity contribution is 7.92. The van der Waals surface area contributed by atoms with E-state index in [1.54, 1.807) is 30.0 Å². The normalized spacial score (nSPS) is 14.0. The van der Waals surface area contributed by atoms with Gasteiger partial charge in [0.15, 0.2) is 0 Å². The number of amides is 1. The fourth-order valence-corrected chi connectivity index (χ4v) is 4.77. The number of nitrogens with one attached hydrogen (secondary N) is 1. The van der Waals surface area contributed by atoms with E-state index >= 15 is 0 Å². The summed E-state index contributed by atoms with van der Waals surface area (Å²) in [5.41, 5.74) is 2.19. The van der Waals surface area contributed by atoms with Gasteiger partial charge < -0.3 is 4.90 Å². The average molecular weight is 432 g/mol. The second kappa shape index (κ2) is 8.43. The summed E-state index contributed by atoms with van der Waals surface area (Å²) in [7, 11) is -4.01. The molecule has 0 aliphatic carbocycles. The Morgan fingerprint density at radius 2 is 1.90 bits per heavy atom. The Labute approximate surface area is 176 Å². The van der Waals surface area contributed by atoms with Crippen LogP contribution in [0.3, 0.4) is 0 Å². The number of carbonyl (C=O) groups is 1. The van der Waals surface area contributed by atoms with Crippen LogP contribution < -0.4 is 9.62 Å². The zero-order valence-electron chi connectivity index (χ0n) is 17.2. The lowest BCUT2D eigenvalue weighted by Crippen LogP contribution is -2.36. The van der Waals surface area contributed by atoms with Crippen molar-refractivity contribution in [3.63, 3.8) is 0 Å². The lowest BCUT2D eigenvalue weighted by atomic mass is 9.99. The average Bonchev–Trinajstić information content (AvgIpc) is 2.66. The quantitative estimate of drug-likeness (QED) is 0.526. The highest BCUT2D eigenvalue weighted by Crippen LogP contribution is 2.32. The van der Waals surface area contributed by atoms with Crippen molar-refractivity contribution in [2.45, 2.75) is 44.9 Å². The topological polar surface area (TPSA) is 110 Å². The smallest absolute Gasteiger partial charge is 0.270 e. The zero-order valence-corrected chi connectivity index (χ0v) is 18.0. The molecular weight excluding hydrogens is 406 g/mol. The number of nitro groups is 1. The van der Waals surface area contributed by atoms with Gasteiger partial charge in [0, 0.05) is 36.5 Å². The Morgan fingerprint density at radius 1 is 1.17 bits per heavy atom. The van der Waals surface area contributed by atoms with E-state index < -0.39 is 14.9 Å². The first kappa shape index (κ1) is 21.8. The molecule has 0 saturated heterocycles. The van der Waals surface area contributed by atoms with Crippen LogP contribution in [0.1, 0.15) is 37.8 Å². The summed E-state index contributed by atoms with van der Waals surface area (Å²) in [5, 5.41) is 11.0. The van der Waals surface area contributed by atoms with E-state index in [0.29, 0.717) is 36.6 Å². The number of benzene rings is 2. The van der Waals surface area contributed by atoms with Gasteiger partial charge in [-0.05, 0) is 55.0 Å². The van der Waals surface area contributed by atoms with E-state index in [1.165, 1.54) is 12.1 Å². The number of carbonyl (C=O) groups excluding carboxylic acids is 1. The fraction of sp³-hybridized carbons (Fsp3) is 0.381. The number of rotatable bonds is 7. The summed E-state index contributed by atoms with van der Waals surface area (Å²) in [6, 6.07) is 8.85. The van der Waals surface area contributed by atoms with Crippen molar-refractivity contribution in [3.8, 4) is 0 Å². The first-order valence-electron chi connectivity index (χ1n) is 9.79. The van der Waals surface area contributed by atoms with Crippen LogP contribution in [0.5, 0.6) is 0 Å². The van der Waals surface area contributed by atoms with Crippen LogP contribution in [-0.2, 0) is 21.2 Å². The number of nitro benzene ring substituents is 1. The molecule has 160 valence electrons. The van der Waals surface area contributed by atoms with Crippen molar-refractivity contribution in [1.82, 2.24) is 0 Å². The van der Waals surface area contributed by atoms with Gasteiger partial charge >= 0.3 is 0 Å². The number of sulfonamides is 1. The van der Waals surface area contributed by atoms with E-state index in [0.717, 1.165) is 23.7 Å². The van der Waals surface area contributed by atoms with Gasteiger partial charge in [-0.3, -0.25) is 19.6 Å². The molecule has 1 amide bonds. The van der Waals surface area contributed by atoms with Gasteiger partial charge in [0.05, 0.1) is 9.82 Å². The van der Waals surface area contributed by atoms with Crippen LogP contribution in [0.4, 0.5) is 17.1 Å². The predicted molar refractivity (Wildman–Crippen MR) is 115 cm³/mol. The Balaban J connectivity index is 1.89. The number of aryl methyl sites for hydroxylation is 2. The fourth-order valence-electron chi connectivity index (χ4n) is 3.46. The molecule has 1 aliphatic rings. The van der Waals surface area contributed by atoms with Crippen molar-refractivity contribution >= 4 is 33.0 Å². The molecule has 0 saturated carbocycles. The maximum atomic E-state index is 12.9. The minimum atomic E-state index is -4.01. The van der Waals surface area contributed by atoms with E-state index in [4.69, 9.17) is 0 Å². The molecule has 0 spiro atoms. The van der Waals surface area contributed by atoms with Gasteiger partial charge in [-0.15, -0.1) is 0 Å². The molecule has 8 nitrogen and oxygen atoms in total. The largest absolute Gasteiger partial charge is 0.312 e. The maximum Gasteiger partial charge on any atom is 0.270 e. The first-order valence-corrected chi connectivity index (χ1v) is 11.3. The predicted octanol–water partition coefficient (Wildman–Crippen LogP) is 4.03. The molecule has 30 heavy (non-hydrogen) atoms. The Kier molecular flexibility index (Phi) is 6.12. The van der Waals surface area contributed by atoms with Crippen LogP contribution in [0.2, 0.25) is 0 Å². The van der Waals surface area contributed by atoms with Crippen LogP contribution >= 0.6 is 0 Å². The SMILES string of the molecule is Cc1ccc([N+](=O)[O-])cc1S(=O)(=O)Nc1ccc2c(c1)CCC(=O)N2CCC(C)C. The van der Waals surface area contributed by atoms with Gasteiger partial charge in [-0.25, -0.2) is 8.42 Å². The van der Waals surface area contributed by atoms with E-state index in [-0.39, 0.29) is 16.5 Å². The molecule has 0 aromatic heterocycles. The Hall–Kier alpha value is -2.94. The number of anilines is 2. The summed E-state index contributed by atoms with van der Waals surface area (Å²) in [6.07, 6.45) is 1.80. The third kappa shape index (κ3) is 4.62. The van der Waals surface area contributed by atoms with Gasteiger partial charge in [0.1, 0.15) is 0 Å². The lowest BCUT2D eigenvalue weighted by molar-refractivity contribution is -0.385. The standard InChI is InChI=1S/C21H25N3O5S/c1-14(2)10-11-23-19-8-6-17(12-16(19)5-9-21(23)25)22-30(28,29)20-13-18(24(26)27)7-4-15(20)3/h4,6-8,12-14,22H,5,9-11H2,1-3H3. The van der Waals surface area contributed by atoms with Crippen LogP contribution in [0.15, 0.2) is 41.3 Å². The second-order valence-electron chi connectivity index (χ2n) is 7.88. The number of nitrogens with zero attached hydrogens (tertiary/aromatic N) is 2. The molecule has 0 bridgehead atoms. The molecule has 0 atom stereocenters. The van der Waals surface area contributed by atoms with Crippen LogP contribution in [0.25, 0.3) is 0 Å². The van der Waals surface area contributed by atoms with Crippen LogP contribution in [0, 0.1) is 23.0 Å². The summed E-state index contributed by atoms with van der Waals surface area (Å²) >= 11 is 0. The third-order valence-electron chi connectivity index (χ3n) is 5.13. The lowest BCUT2D eigenvalue weighted by Gasteiger charge is -2.30. The monoisotopic (exact) mass is 431 g/mol. The van der Waals surface area contributed by atoms with Crippen LogP contribution in [-0.4, -0.2) is 25.8 Å². The molecule has 0 radical (unpaired) electrons. The van der Waals surface area contributed by atoms with Gasteiger partial charge in [0.25, 0.3) is 15.7 Å². The summed E-state index contributed by atoms with van der Waals surface area (Å²) in [5.74, 6) is 0.538. The molecule has 2 aromatic rings. The van der Waals surface area contributed by atoms with Gasteiger partial charge in [-0.2, -0.15) is 0 Å². The Morgan fingerprint density at radius 3 is 2.57 bits per heavy atom.